The molecule has 0 saturated heterocycles. The third kappa shape index (κ3) is 4.62. The molecular weight excluding hydrogens is 376 g/mol. The highest BCUT2D eigenvalue weighted by atomic mass is 32.2. The van der Waals surface area contributed by atoms with Gasteiger partial charge in [-0.1, -0.05) is 43.0 Å². The van der Waals surface area contributed by atoms with Crippen LogP contribution in [0.25, 0.3) is 17.0 Å². The van der Waals surface area contributed by atoms with Gasteiger partial charge in [-0.05, 0) is 49.5 Å². The zero-order valence-electron chi connectivity index (χ0n) is 16.8. The van der Waals surface area contributed by atoms with Crippen molar-refractivity contribution in [1.29, 1.82) is 0 Å². The van der Waals surface area contributed by atoms with Crippen molar-refractivity contribution >= 4 is 17.3 Å². The van der Waals surface area contributed by atoms with Gasteiger partial charge in [0, 0.05) is 17.9 Å². The van der Waals surface area contributed by atoms with Crippen molar-refractivity contribution in [2.45, 2.75) is 43.4 Å². The van der Waals surface area contributed by atoms with Crippen LogP contribution < -0.4 is 0 Å². The Kier molecular flexibility index (Phi) is 5.86. The van der Waals surface area contributed by atoms with Crippen LogP contribution in [0, 0.1) is 6.92 Å². The molecule has 0 bridgehead atoms. The number of hydrogen-bond acceptors (Lipinski definition) is 5. The van der Waals surface area contributed by atoms with Crippen LogP contribution in [0.1, 0.15) is 48.2 Å². The van der Waals surface area contributed by atoms with Gasteiger partial charge < -0.3 is 0 Å². The Morgan fingerprint density at radius 3 is 2.66 bits per heavy atom. The van der Waals surface area contributed by atoms with Gasteiger partial charge in [0.25, 0.3) is 0 Å². The minimum atomic E-state index is 0.530. The molecule has 2 aromatic heterocycles. The molecule has 1 aliphatic rings. The van der Waals surface area contributed by atoms with Gasteiger partial charge in [0.1, 0.15) is 11.4 Å². The SMILES string of the molecule is C=C(/C=C\C)c1ccc(CSc2ccnc(-c3c(C)ncnc3C3CC3)n2)cc1. The highest BCUT2D eigenvalue weighted by Crippen LogP contribution is 2.43. The summed E-state index contributed by atoms with van der Waals surface area (Å²) in [6.07, 6.45) is 9.89. The predicted octanol–water partition coefficient (Wildman–Crippen LogP) is 6.00. The second-order valence-corrected chi connectivity index (χ2v) is 8.22. The molecule has 1 saturated carbocycles. The smallest absolute Gasteiger partial charge is 0.164 e. The van der Waals surface area contributed by atoms with Crippen molar-refractivity contribution in [1.82, 2.24) is 19.9 Å². The first-order valence-electron chi connectivity index (χ1n) is 9.84. The maximum Gasteiger partial charge on any atom is 0.164 e. The van der Waals surface area contributed by atoms with E-state index in [9.17, 15) is 0 Å². The Labute approximate surface area is 176 Å². The summed E-state index contributed by atoms with van der Waals surface area (Å²) in [5.41, 5.74) is 6.47. The zero-order valence-corrected chi connectivity index (χ0v) is 17.6. The van der Waals surface area contributed by atoms with Gasteiger partial charge in [0.2, 0.25) is 0 Å². The molecule has 4 rings (SSSR count). The average Bonchev–Trinajstić information content (AvgIpc) is 3.58. The molecule has 146 valence electrons. The topological polar surface area (TPSA) is 51.6 Å². The fourth-order valence-electron chi connectivity index (χ4n) is 3.25. The average molecular weight is 401 g/mol. The van der Waals surface area contributed by atoms with Gasteiger partial charge in [0.05, 0.1) is 17.0 Å². The molecule has 0 radical (unpaired) electrons. The molecule has 0 spiro atoms. The fourth-order valence-corrected chi connectivity index (χ4v) is 4.06. The number of aromatic nitrogens is 4. The Morgan fingerprint density at radius 1 is 1.14 bits per heavy atom. The first-order chi connectivity index (χ1) is 14.2. The number of rotatable bonds is 7. The van der Waals surface area contributed by atoms with Crippen molar-refractivity contribution < 1.29 is 0 Å². The molecule has 0 unspecified atom stereocenters. The summed E-state index contributed by atoms with van der Waals surface area (Å²) in [5.74, 6) is 2.11. The summed E-state index contributed by atoms with van der Waals surface area (Å²) in [5, 5.41) is 0.961. The fraction of sp³-hybridized carbons (Fsp3) is 0.250. The van der Waals surface area contributed by atoms with Crippen LogP contribution in [-0.4, -0.2) is 19.9 Å². The lowest BCUT2D eigenvalue weighted by atomic mass is 10.1. The zero-order chi connectivity index (χ0) is 20.2. The highest BCUT2D eigenvalue weighted by molar-refractivity contribution is 7.98. The van der Waals surface area contributed by atoms with Crippen molar-refractivity contribution in [3.8, 4) is 11.4 Å². The third-order valence-electron chi connectivity index (χ3n) is 4.96. The first kappa shape index (κ1) is 19.5. The van der Waals surface area contributed by atoms with E-state index < -0.39 is 0 Å². The Hall–Kier alpha value is -2.79. The van der Waals surface area contributed by atoms with Crippen molar-refractivity contribution in [2.24, 2.45) is 0 Å². The standard InChI is InChI=1S/C24H24N4S/c1-4-5-16(2)19-8-6-18(7-9-19)14-29-21-12-13-25-24(28-21)22-17(3)26-15-27-23(22)20-10-11-20/h4-9,12-13,15,20H,2,10-11,14H2,1,3H3/b5-4-. The first-order valence-corrected chi connectivity index (χ1v) is 10.8. The maximum absolute atomic E-state index is 4.81. The second-order valence-electron chi connectivity index (χ2n) is 7.22. The van der Waals surface area contributed by atoms with E-state index in [1.54, 1.807) is 18.1 Å². The monoisotopic (exact) mass is 400 g/mol. The predicted molar refractivity (Wildman–Crippen MR) is 120 cm³/mol. The molecule has 0 aliphatic heterocycles. The summed E-state index contributed by atoms with van der Waals surface area (Å²) < 4.78 is 0. The third-order valence-corrected chi connectivity index (χ3v) is 5.96. The van der Waals surface area contributed by atoms with Crippen LogP contribution in [0.2, 0.25) is 0 Å². The molecule has 3 aromatic rings. The molecule has 0 amide bonds. The number of thioether (sulfide) groups is 1. The van der Waals surface area contributed by atoms with Crippen LogP contribution in [-0.2, 0) is 5.75 Å². The van der Waals surface area contributed by atoms with Crippen molar-refractivity contribution in [3.05, 3.63) is 84.1 Å². The summed E-state index contributed by atoms with van der Waals surface area (Å²) >= 11 is 1.71. The van der Waals surface area contributed by atoms with Crippen molar-refractivity contribution in [2.75, 3.05) is 0 Å². The Balaban J connectivity index is 1.50. The minimum absolute atomic E-state index is 0.530. The lowest BCUT2D eigenvalue weighted by Crippen LogP contribution is -2.01. The lowest BCUT2D eigenvalue weighted by molar-refractivity contribution is 0.948. The minimum Gasteiger partial charge on any atom is -0.241 e. The molecule has 1 fully saturated rings. The second kappa shape index (κ2) is 8.70. The summed E-state index contributed by atoms with van der Waals surface area (Å²) in [6.45, 7) is 8.10. The molecule has 0 N–H and O–H groups in total. The molecule has 1 aliphatic carbocycles. The van der Waals surface area contributed by atoms with E-state index in [4.69, 9.17) is 4.98 Å². The summed E-state index contributed by atoms with van der Waals surface area (Å²) in [4.78, 5) is 18.2. The molecule has 0 atom stereocenters. The number of benzene rings is 1. The van der Waals surface area contributed by atoms with Gasteiger partial charge in [-0.15, -0.1) is 11.8 Å². The van der Waals surface area contributed by atoms with Crippen LogP contribution in [0.5, 0.6) is 0 Å². The molecule has 5 heteroatoms. The van der Waals surface area contributed by atoms with Gasteiger partial charge in [0.15, 0.2) is 5.82 Å². The van der Waals surface area contributed by atoms with Gasteiger partial charge >= 0.3 is 0 Å². The van der Waals surface area contributed by atoms with E-state index in [1.165, 1.54) is 18.4 Å². The normalized spacial score (nSPS) is 13.7. The van der Waals surface area contributed by atoms with E-state index in [0.717, 1.165) is 44.7 Å². The highest BCUT2D eigenvalue weighted by Gasteiger charge is 2.30. The van der Waals surface area contributed by atoms with E-state index in [0.29, 0.717) is 5.92 Å². The number of allylic oxidation sites excluding steroid dienone is 3. The summed E-state index contributed by atoms with van der Waals surface area (Å²) in [6, 6.07) is 10.5. The lowest BCUT2D eigenvalue weighted by Gasteiger charge is -2.10. The maximum atomic E-state index is 4.81. The van der Waals surface area contributed by atoms with E-state index in [-0.39, 0.29) is 0 Å². The number of aryl methyl sites for hydroxylation is 1. The Morgan fingerprint density at radius 2 is 1.93 bits per heavy atom. The van der Waals surface area contributed by atoms with E-state index >= 15 is 0 Å². The summed E-state index contributed by atoms with van der Waals surface area (Å²) in [7, 11) is 0. The quantitative estimate of drug-likeness (QED) is 0.276. The van der Waals surface area contributed by atoms with E-state index in [1.807, 2.05) is 38.3 Å². The van der Waals surface area contributed by atoms with Gasteiger partial charge in [-0.25, -0.2) is 19.9 Å². The molecule has 1 aromatic carbocycles. The van der Waals surface area contributed by atoms with Crippen LogP contribution in [0.15, 0.2) is 66.6 Å². The molecule has 4 nitrogen and oxygen atoms in total. The van der Waals surface area contributed by atoms with Crippen LogP contribution in [0.3, 0.4) is 0 Å². The number of nitrogens with zero attached hydrogens (tertiary/aromatic N) is 4. The van der Waals surface area contributed by atoms with Crippen LogP contribution in [0.4, 0.5) is 0 Å². The van der Waals surface area contributed by atoms with Crippen LogP contribution >= 0.6 is 11.8 Å². The van der Waals surface area contributed by atoms with E-state index in [2.05, 4.69) is 45.8 Å². The number of hydrogen-bond donors (Lipinski definition) is 0. The van der Waals surface area contributed by atoms with Crippen molar-refractivity contribution in [3.63, 3.8) is 0 Å². The molecule has 2 heterocycles. The van der Waals surface area contributed by atoms with Gasteiger partial charge in [-0.3, -0.25) is 0 Å². The Bertz CT molecular complexity index is 1050. The molecular formula is C24H24N4S. The van der Waals surface area contributed by atoms with Gasteiger partial charge in [-0.2, -0.15) is 0 Å². The molecule has 29 heavy (non-hydrogen) atoms. The largest absolute Gasteiger partial charge is 0.241 e.